The third-order valence-corrected chi connectivity index (χ3v) is 4.44. The van der Waals surface area contributed by atoms with Crippen molar-refractivity contribution < 1.29 is 4.42 Å². The Labute approximate surface area is 112 Å². The Morgan fingerprint density at radius 1 is 1.53 bits per heavy atom. The maximum Gasteiger partial charge on any atom is 0.197 e. The highest BCUT2D eigenvalue weighted by Crippen LogP contribution is 2.21. The number of aromatic nitrogens is 1. The average molecular weight is 313 g/mol. The maximum atomic E-state index is 5.74. The van der Waals surface area contributed by atoms with Crippen LogP contribution in [0.15, 0.2) is 27.1 Å². The Hall–Kier alpha value is -0.520. The number of nitrogens with one attached hydrogen (secondary N) is 1. The summed E-state index contributed by atoms with van der Waals surface area (Å²) in [5.74, 6) is 3.18. The molecule has 1 fully saturated rings. The lowest BCUT2D eigenvalue weighted by Crippen LogP contribution is -2.38. The minimum absolute atomic E-state index is 0.491. The fourth-order valence-electron chi connectivity index (χ4n) is 2.00. The van der Waals surface area contributed by atoms with Crippen molar-refractivity contribution in [1.29, 1.82) is 0 Å². The van der Waals surface area contributed by atoms with Crippen molar-refractivity contribution in [2.45, 2.75) is 12.5 Å². The van der Waals surface area contributed by atoms with Crippen LogP contribution < -0.4 is 5.32 Å². The minimum atomic E-state index is 0.491. The number of hydrogen-bond acceptors (Lipinski definition) is 4. The van der Waals surface area contributed by atoms with E-state index in [-0.39, 0.29) is 0 Å². The van der Waals surface area contributed by atoms with Crippen molar-refractivity contribution in [3.05, 3.63) is 28.6 Å². The summed E-state index contributed by atoms with van der Waals surface area (Å²) in [6.45, 7) is 1.08. The second kappa shape index (κ2) is 5.00. The van der Waals surface area contributed by atoms with Gasteiger partial charge in [-0.15, -0.1) is 0 Å². The van der Waals surface area contributed by atoms with E-state index in [4.69, 9.17) is 4.42 Å². The summed E-state index contributed by atoms with van der Waals surface area (Å²) < 4.78 is 6.78. The monoisotopic (exact) mass is 312 g/mol. The molecular weight excluding hydrogens is 300 g/mol. The largest absolute Gasteiger partial charge is 0.441 e. The fourth-order valence-corrected chi connectivity index (χ4v) is 3.30. The molecule has 2 aromatic rings. The van der Waals surface area contributed by atoms with E-state index in [0.717, 1.165) is 40.2 Å². The number of nitrogens with zero attached hydrogens (tertiary/aromatic N) is 1. The van der Waals surface area contributed by atoms with Crippen LogP contribution in [0.3, 0.4) is 0 Å². The second-order valence-corrected chi connectivity index (χ2v) is 6.22. The van der Waals surface area contributed by atoms with E-state index >= 15 is 0 Å². The molecule has 1 aliphatic heterocycles. The quantitative estimate of drug-likeness (QED) is 0.925. The van der Waals surface area contributed by atoms with Crippen LogP contribution in [-0.4, -0.2) is 29.1 Å². The van der Waals surface area contributed by atoms with Crippen molar-refractivity contribution >= 4 is 38.8 Å². The molecule has 1 saturated heterocycles. The highest BCUT2D eigenvalue weighted by molar-refractivity contribution is 9.10. The molecule has 1 aromatic carbocycles. The van der Waals surface area contributed by atoms with Crippen LogP contribution in [0, 0.1) is 0 Å². The SMILES string of the molecule is Brc1ccc2oc(CC3CSCCN3)nc2c1. The van der Waals surface area contributed by atoms with Crippen molar-refractivity contribution in [3.8, 4) is 0 Å². The Kier molecular flexibility index (Phi) is 3.40. The van der Waals surface area contributed by atoms with Gasteiger partial charge in [0.25, 0.3) is 0 Å². The van der Waals surface area contributed by atoms with E-state index in [1.54, 1.807) is 0 Å². The molecule has 17 heavy (non-hydrogen) atoms. The van der Waals surface area contributed by atoms with Gasteiger partial charge in [0.15, 0.2) is 11.5 Å². The van der Waals surface area contributed by atoms with Gasteiger partial charge in [-0.05, 0) is 18.2 Å². The van der Waals surface area contributed by atoms with Crippen LogP contribution in [0.5, 0.6) is 0 Å². The van der Waals surface area contributed by atoms with Gasteiger partial charge in [-0.1, -0.05) is 15.9 Å². The lowest BCUT2D eigenvalue weighted by molar-refractivity contribution is 0.469. The smallest absolute Gasteiger partial charge is 0.197 e. The second-order valence-electron chi connectivity index (χ2n) is 4.15. The van der Waals surface area contributed by atoms with E-state index in [1.807, 2.05) is 30.0 Å². The van der Waals surface area contributed by atoms with Gasteiger partial charge in [0.1, 0.15) is 5.52 Å². The molecule has 0 aliphatic carbocycles. The van der Waals surface area contributed by atoms with Crippen molar-refractivity contribution in [2.24, 2.45) is 0 Å². The van der Waals surface area contributed by atoms with Crippen molar-refractivity contribution in [3.63, 3.8) is 0 Å². The average Bonchev–Trinajstić information content (AvgIpc) is 2.71. The first-order valence-corrected chi connectivity index (χ1v) is 7.62. The first kappa shape index (κ1) is 11.6. The summed E-state index contributed by atoms with van der Waals surface area (Å²) in [6.07, 6.45) is 0.874. The number of fused-ring (bicyclic) bond motifs is 1. The van der Waals surface area contributed by atoms with Gasteiger partial charge in [0.05, 0.1) is 0 Å². The number of rotatable bonds is 2. The molecule has 0 saturated carbocycles. The zero-order valence-corrected chi connectivity index (χ0v) is 11.7. The number of oxazole rings is 1. The molecule has 2 heterocycles. The van der Waals surface area contributed by atoms with Crippen LogP contribution in [0.25, 0.3) is 11.1 Å². The summed E-state index contributed by atoms with van der Waals surface area (Å²) in [7, 11) is 0. The fraction of sp³-hybridized carbons (Fsp3) is 0.417. The zero-order valence-electron chi connectivity index (χ0n) is 9.28. The number of thioether (sulfide) groups is 1. The molecule has 3 nitrogen and oxygen atoms in total. The first-order valence-electron chi connectivity index (χ1n) is 5.67. The number of benzene rings is 1. The van der Waals surface area contributed by atoms with Gasteiger partial charge in [-0.25, -0.2) is 4.98 Å². The first-order chi connectivity index (χ1) is 8.31. The molecule has 0 bridgehead atoms. The molecule has 5 heteroatoms. The Balaban J connectivity index is 1.80. The van der Waals surface area contributed by atoms with Gasteiger partial charge < -0.3 is 9.73 Å². The van der Waals surface area contributed by atoms with Crippen LogP contribution in [-0.2, 0) is 6.42 Å². The molecule has 1 N–H and O–H groups in total. The number of hydrogen-bond donors (Lipinski definition) is 1. The third kappa shape index (κ3) is 2.67. The Morgan fingerprint density at radius 2 is 2.47 bits per heavy atom. The molecule has 1 unspecified atom stereocenters. The molecule has 0 radical (unpaired) electrons. The normalized spacial score (nSPS) is 20.9. The van der Waals surface area contributed by atoms with Gasteiger partial charge >= 0.3 is 0 Å². The summed E-state index contributed by atoms with van der Waals surface area (Å²) in [6, 6.07) is 6.42. The van der Waals surface area contributed by atoms with E-state index in [0.29, 0.717) is 6.04 Å². The summed E-state index contributed by atoms with van der Waals surface area (Å²) in [5.41, 5.74) is 1.80. The standard InChI is InChI=1S/C12H13BrN2OS/c13-8-1-2-11-10(5-8)15-12(16-11)6-9-7-17-4-3-14-9/h1-2,5,9,14H,3-4,6-7H2. The predicted octanol–water partition coefficient (Wildman–Crippen LogP) is 2.84. The summed E-state index contributed by atoms with van der Waals surface area (Å²) in [4.78, 5) is 4.52. The van der Waals surface area contributed by atoms with Gasteiger partial charge in [-0.3, -0.25) is 0 Å². The highest BCUT2D eigenvalue weighted by Gasteiger charge is 2.16. The predicted molar refractivity (Wildman–Crippen MR) is 74.5 cm³/mol. The Morgan fingerprint density at radius 3 is 3.29 bits per heavy atom. The summed E-state index contributed by atoms with van der Waals surface area (Å²) >= 11 is 5.43. The van der Waals surface area contributed by atoms with Crippen molar-refractivity contribution in [2.75, 3.05) is 18.1 Å². The molecule has 0 spiro atoms. The minimum Gasteiger partial charge on any atom is -0.441 e. The lowest BCUT2D eigenvalue weighted by Gasteiger charge is -2.21. The molecule has 1 atom stereocenters. The van der Waals surface area contributed by atoms with Gasteiger partial charge in [0, 0.05) is 35.0 Å². The topological polar surface area (TPSA) is 38.1 Å². The number of halogens is 1. The van der Waals surface area contributed by atoms with Crippen LogP contribution in [0.1, 0.15) is 5.89 Å². The van der Waals surface area contributed by atoms with E-state index in [9.17, 15) is 0 Å². The summed E-state index contributed by atoms with van der Waals surface area (Å²) in [5, 5.41) is 3.49. The van der Waals surface area contributed by atoms with Crippen LogP contribution in [0.2, 0.25) is 0 Å². The Bertz CT molecular complexity index is 522. The lowest BCUT2D eigenvalue weighted by atomic mass is 10.2. The van der Waals surface area contributed by atoms with Crippen LogP contribution in [0.4, 0.5) is 0 Å². The van der Waals surface area contributed by atoms with Crippen LogP contribution >= 0.6 is 27.7 Å². The molecule has 1 aromatic heterocycles. The van der Waals surface area contributed by atoms with E-state index < -0.39 is 0 Å². The molecular formula is C12H13BrN2OS. The molecule has 90 valence electrons. The molecule has 0 amide bonds. The van der Waals surface area contributed by atoms with Gasteiger partial charge in [0.2, 0.25) is 0 Å². The highest BCUT2D eigenvalue weighted by atomic mass is 79.9. The van der Waals surface area contributed by atoms with E-state index in [2.05, 4.69) is 26.2 Å². The molecule has 1 aliphatic rings. The van der Waals surface area contributed by atoms with Crippen molar-refractivity contribution in [1.82, 2.24) is 10.3 Å². The molecule has 3 rings (SSSR count). The zero-order chi connectivity index (χ0) is 11.7. The maximum absolute atomic E-state index is 5.74. The van der Waals surface area contributed by atoms with Gasteiger partial charge in [-0.2, -0.15) is 11.8 Å². The third-order valence-electron chi connectivity index (χ3n) is 2.81. The van der Waals surface area contributed by atoms with E-state index in [1.165, 1.54) is 5.75 Å².